The topological polar surface area (TPSA) is 69.6 Å². The molecule has 0 fully saturated rings. The van der Waals surface area contributed by atoms with Crippen LogP contribution < -0.4 is 10.2 Å². The van der Waals surface area contributed by atoms with Crippen molar-refractivity contribution in [1.82, 2.24) is 5.32 Å². The minimum Gasteiger partial charge on any atom is -0.465 e. The van der Waals surface area contributed by atoms with Crippen molar-refractivity contribution >= 4 is 17.7 Å². The molecule has 2 aromatic carbocycles. The number of para-hydroxylation sites is 1. The second kappa shape index (κ2) is 5.89. The van der Waals surface area contributed by atoms with Crippen molar-refractivity contribution in [3.8, 4) is 0 Å². The molecule has 0 saturated heterocycles. The van der Waals surface area contributed by atoms with Crippen LogP contribution in [0.25, 0.3) is 0 Å². The van der Waals surface area contributed by atoms with Crippen molar-refractivity contribution in [3.05, 3.63) is 65.7 Å². The molecule has 5 nitrogen and oxygen atoms in total. The van der Waals surface area contributed by atoms with Gasteiger partial charge in [-0.15, -0.1) is 0 Å². The van der Waals surface area contributed by atoms with Crippen molar-refractivity contribution in [2.45, 2.75) is 19.0 Å². The number of carbonyl (C=O) groups is 2. The number of benzene rings is 2. The molecule has 1 heterocycles. The summed E-state index contributed by atoms with van der Waals surface area (Å²) in [4.78, 5) is 25.4. The molecular weight excluding hydrogens is 280 g/mol. The maximum Gasteiger partial charge on any atom is 0.405 e. The monoisotopic (exact) mass is 296 g/mol. The molecule has 22 heavy (non-hydrogen) atoms. The zero-order valence-corrected chi connectivity index (χ0v) is 11.9. The Morgan fingerprint density at radius 1 is 1.05 bits per heavy atom. The van der Waals surface area contributed by atoms with Gasteiger partial charge in [-0.2, -0.15) is 0 Å². The fourth-order valence-electron chi connectivity index (χ4n) is 2.74. The highest BCUT2D eigenvalue weighted by molar-refractivity contribution is 5.99. The van der Waals surface area contributed by atoms with Crippen LogP contribution in [-0.4, -0.2) is 23.1 Å². The zero-order valence-electron chi connectivity index (χ0n) is 11.9. The van der Waals surface area contributed by atoms with Crippen molar-refractivity contribution in [2.24, 2.45) is 0 Å². The second-order valence-electron chi connectivity index (χ2n) is 5.23. The van der Waals surface area contributed by atoms with E-state index in [2.05, 4.69) is 5.32 Å². The number of hydrogen-bond donors (Lipinski definition) is 2. The first-order valence-electron chi connectivity index (χ1n) is 7.08. The van der Waals surface area contributed by atoms with E-state index in [4.69, 9.17) is 5.11 Å². The molecule has 3 rings (SSSR count). The van der Waals surface area contributed by atoms with E-state index < -0.39 is 12.1 Å². The lowest BCUT2D eigenvalue weighted by molar-refractivity contribution is -0.120. The number of hydrogen-bond acceptors (Lipinski definition) is 2. The fourth-order valence-corrected chi connectivity index (χ4v) is 2.74. The van der Waals surface area contributed by atoms with Crippen LogP contribution in [0.4, 0.5) is 10.5 Å². The van der Waals surface area contributed by atoms with Gasteiger partial charge in [0.1, 0.15) is 6.04 Å². The van der Waals surface area contributed by atoms with Crippen LogP contribution in [-0.2, 0) is 17.8 Å². The predicted octanol–water partition coefficient (Wildman–Crippen LogP) is 2.41. The lowest BCUT2D eigenvalue weighted by Crippen LogP contribution is -2.47. The van der Waals surface area contributed by atoms with Gasteiger partial charge in [0.05, 0.1) is 6.54 Å². The number of anilines is 1. The highest BCUT2D eigenvalue weighted by Gasteiger charge is 2.31. The highest BCUT2D eigenvalue weighted by Crippen LogP contribution is 2.24. The molecule has 0 aliphatic carbocycles. The SMILES string of the molecule is O=C(O)N[C@H]1Cc2ccccc2CN(c2ccccc2)C1=O. The summed E-state index contributed by atoms with van der Waals surface area (Å²) in [5.41, 5.74) is 2.80. The molecule has 2 N–H and O–H groups in total. The number of carboxylic acid groups (broad SMARTS) is 1. The van der Waals surface area contributed by atoms with Gasteiger partial charge in [-0.3, -0.25) is 4.79 Å². The summed E-state index contributed by atoms with van der Waals surface area (Å²) in [6.45, 7) is 0.441. The molecule has 5 heteroatoms. The van der Waals surface area contributed by atoms with Crippen molar-refractivity contribution in [3.63, 3.8) is 0 Å². The Morgan fingerprint density at radius 2 is 1.68 bits per heavy atom. The molecule has 1 aliphatic heterocycles. The third kappa shape index (κ3) is 2.79. The Balaban J connectivity index is 2.02. The van der Waals surface area contributed by atoms with Gasteiger partial charge in [-0.1, -0.05) is 42.5 Å². The molecule has 0 spiro atoms. The van der Waals surface area contributed by atoms with Crippen LogP contribution in [0.2, 0.25) is 0 Å². The molecule has 1 atom stereocenters. The van der Waals surface area contributed by atoms with E-state index >= 15 is 0 Å². The first-order valence-corrected chi connectivity index (χ1v) is 7.08. The van der Waals surface area contributed by atoms with Crippen molar-refractivity contribution < 1.29 is 14.7 Å². The largest absolute Gasteiger partial charge is 0.465 e. The maximum atomic E-state index is 12.8. The van der Waals surface area contributed by atoms with Crippen LogP contribution in [0.3, 0.4) is 0 Å². The normalized spacial score (nSPS) is 17.5. The summed E-state index contributed by atoms with van der Waals surface area (Å²) < 4.78 is 0. The molecule has 2 amide bonds. The lowest BCUT2D eigenvalue weighted by atomic mass is 10.0. The summed E-state index contributed by atoms with van der Waals surface area (Å²) in [5, 5.41) is 11.3. The van der Waals surface area contributed by atoms with Gasteiger partial charge in [-0.05, 0) is 23.3 Å². The average Bonchev–Trinajstić information content (AvgIpc) is 2.65. The molecule has 0 unspecified atom stereocenters. The van der Waals surface area contributed by atoms with Gasteiger partial charge < -0.3 is 15.3 Å². The minimum absolute atomic E-state index is 0.232. The Morgan fingerprint density at radius 3 is 2.36 bits per heavy atom. The summed E-state index contributed by atoms with van der Waals surface area (Å²) in [7, 11) is 0. The third-order valence-electron chi connectivity index (χ3n) is 3.80. The van der Waals surface area contributed by atoms with Crippen LogP contribution in [0.15, 0.2) is 54.6 Å². The molecule has 2 aromatic rings. The van der Waals surface area contributed by atoms with Crippen LogP contribution in [0.5, 0.6) is 0 Å². The average molecular weight is 296 g/mol. The van der Waals surface area contributed by atoms with E-state index in [-0.39, 0.29) is 5.91 Å². The van der Waals surface area contributed by atoms with E-state index in [0.717, 1.165) is 16.8 Å². The molecular formula is C17H16N2O3. The maximum absolute atomic E-state index is 12.8. The summed E-state index contributed by atoms with van der Waals surface area (Å²) in [5.74, 6) is -0.232. The van der Waals surface area contributed by atoms with Gasteiger partial charge in [0.2, 0.25) is 5.91 Å². The molecule has 0 bridgehead atoms. The van der Waals surface area contributed by atoms with Gasteiger partial charge in [0.15, 0.2) is 0 Å². The third-order valence-corrected chi connectivity index (χ3v) is 3.80. The molecule has 0 aromatic heterocycles. The highest BCUT2D eigenvalue weighted by atomic mass is 16.4. The smallest absolute Gasteiger partial charge is 0.405 e. The predicted molar refractivity (Wildman–Crippen MR) is 82.7 cm³/mol. The van der Waals surface area contributed by atoms with E-state index in [1.54, 1.807) is 4.90 Å². The molecule has 0 radical (unpaired) electrons. The Kier molecular flexibility index (Phi) is 3.78. The van der Waals surface area contributed by atoms with Crippen LogP contribution in [0, 0.1) is 0 Å². The Hall–Kier alpha value is -2.82. The number of amides is 2. The van der Waals surface area contributed by atoms with Gasteiger partial charge in [0, 0.05) is 12.1 Å². The first kappa shape index (κ1) is 14.1. The Bertz CT molecular complexity index is 700. The van der Waals surface area contributed by atoms with E-state index in [0.29, 0.717) is 13.0 Å². The Labute approximate surface area is 128 Å². The number of nitrogens with one attached hydrogen (secondary N) is 1. The first-order chi connectivity index (χ1) is 10.6. The summed E-state index contributed by atoms with van der Waals surface area (Å²) >= 11 is 0. The van der Waals surface area contributed by atoms with Crippen LogP contribution >= 0.6 is 0 Å². The minimum atomic E-state index is -1.19. The number of nitrogens with zero attached hydrogens (tertiary/aromatic N) is 1. The molecule has 1 aliphatic rings. The number of rotatable bonds is 2. The van der Waals surface area contributed by atoms with Gasteiger partial charge >= 0.3 is 6.09 Å². The number of fused-ring (bicyclic) bond motifs is 1. The quantitative estimate of drug-likeness (QED) is 0.894. The van der Waals surface area contributed by atoms with Crippen molar-refractivity contribution in [2.75, 3.05) is 4.90 Å². The summed E-state index contributed by atoms with van der Waals surface area (Å²) in [6.07, 6.45) is -0.823. The van der Waals surface area contributed by atoms with E-state index in [9.17, 15) is 9.59 Å². The molecule has 112 valence electrons. The van der Waals surface area contributed by atoms with E-state index in [1.807, 2.05) is 54.6 Å². The second-order valence-corrected chi connectivity index (χ2v) is 5.23. The molecule has 0 saturated carbocycles. The van der Waals surface area contributed by atoms with Gasteiger partial charge in [-0.25, -0.2) is 4.79 Å². The standard InChI is InChI=1S/C17H16N2O3/c20-16-15(18-17(21)22)10-12-6-4-5-7-13(12)11-19(16)14-8-2-1-3-9-14/h1-9,15,18H,10-11H2,(H,21,22)/t15-/m0/s1. The van der Waals surface area contributed by atoms with E-state index in [1.165, 1.54) is 0 Å². The number of carbonyl (C=O) groups excluding carboxylic acids is 1. The van der Waals surface area contributed by atoms with Crippen molar-refractivity contribution in [1.29, 1.82) is 0 Å². The lowest BCUT2D eigenvalue weighted by Gasteiger charge is -2.24. The summed E-state index contributed by atoms with van der Waals surface area (Å²) in [6, 6.07) is 16.3. The zero-order chi connectivity index (χ0) is 15.5. The van der Waals surface area contributed by atoms with Crippen LogP contribution in [0.1, 0.15) is 11.1 Å². The fraction of sp³-hybridized carbons (Fsp3) is 0.176. The van der Waals surface area contributed by atoms with Gasteiger partial charge in [0.25, 0.3) is 0 Å².